The monoisotopic (exact) mass is 164 g/mol. The predicted molar refractivity (Wildman–Crippen MR) is 47.4 cm³/mol. The summed E-state index contributed by atoms with van der Waals surface area (Å²) in [6.07, 6.45) is 1.31. The zero-order valence-electron chi connectivity index (χ0n) is 7.60. The molecule has 0 aliphatic heterocycles. The number of carbonyl (C=O) groups is 1. The summed E-state index contributed by atoms with van der Waals surface area (Å²) >= 11 is 0. The van der Waals surface area contributed by atoms with Crippen LogP contribution in [0.5, 0.6) is 0 Å². The Balaban J connectivity index is 3.31. The molecule has 1 aromatic heterocycles. The fraction of sp³-hybridized carbons (Fsp3) is 0.300. The minimum atomic E-state index is -0.0677. The van der Waals surface area contributed by atoms with Gasteiger partial charge in [-0.1, -0.05) is 6.58 Å². The fourth-order valence-corrected chi connectivity index (χ4v) is 1.26. The molecular formula is C10H12O2. The number of carbonyl (C=O) groups excluding carboxylic acids is 1. The van der Waals surface area contributed by atoms with Gasteiger partial charge in [0.15, 0.2) is 5.78 Å². The van der Waals surface area contributed by atoms with E-state index in [1.807, 2.05) is 13.8 Å². The molecule has 1 rings (SSSR count). The molecule has 0 atom stereocenters. The lowest BCUT2D eigenvalue weighted by Crippen LogP contribution is -1.96. The first-order chi connectivity index (χ1) is 5.57. The van der Waals surface area contributed by atoms with Gasteiger partial charge in [0.25, 0.3) is 0 Å². The molecule has 0 N–H and O–H groups in total. The second-order valence-corrected chi connectivity index (χ2v) is 2.78. The summed E-state index contributed by atoms with van der Waals surface area (Å²) in [5.41, 5.74) is 1.57. The largest absolute Gasteiger partial charge is 0.466 e. The SMILES string of the molecule is C=CC(=O)c1c(C)oc(C)c1C. The third-order valence-corrected chi connectivity index (χ3v) is 1.99. The van der Waals surface area contributed by atoms with Crippen LogP contribution in [-0.2, 0) is 0 Å². The van der Waals surface area contributed by atoms with Crippen LogP contribution in [0.4, 0.5) is 0 Å². The van der Waals surface area contributed by atoms with E-state index in [1.165, 1.54) is 6.08 Å². The van der Waals surface area contributed by atoms with Gasteiger partial charge in [-0.05, 0) is 26.8 Å². The van der Waals surface area contributed by atoms with E-state index >= 15 is 0 Å². The molecule has 1 aromatic rings. The molecule has 0 unspecified atom stereocenters. The molecule has 2 nitrogen and oxygen atoms in total. The van der Waals surface area contributed by atoms with Gasteiger partial charge in [-0.2, -0.15) is 0 Å². The van der Waals surface area contributed by atoms with Crippen LogP contribution in [0.15, 0.2) is 17.1 Å². The summed E-state index contributed by atoms with van der Waals surface area (Å²) in [7, 11) is 0. The summed E-state index contributed by atoms with van der Waals surface area (Å²) in [6, 6.07) is 0. The molecule has 1 heterocycles. The van der Waals surface area contributed by atoms with E-state index in [0.717, 1.165) is 11.3 Å². The Bertz CT molecular complexity index is 332. The zero-order valence-corrected chi connectivity index (χ0v) is 7.60. The van der Waals surface area contributed by atoms with Crippen molar-refractivity contribution in [3.8, 4) is 0 Å². The van der Waals surface area contributed by atoms with Gasteiger partial charge in [-0.15, -0.1) is 0 Å². The topological polar surface area (TPSA) is 30.2 Å². The van der Waals surface area contributed by atoms with E-state index in [9.17, 15) is 4.79 Å². The van der Waals surface area contributed by atoms with Gasteiger partial charge in [-0.3, -0.25) is 4.79 Å². The Hall–Kier alpha value is -1.31. The summed E-state index contributed by atoms with van der Waals surface area (Å²) in [5, 5.41) is 0. The highest BCUT2D eigenvalue weighted by molar-refractivity contribution is 6.06. The maximum Gasteiger partial charge on any atom is 0.189 e. The van der Waals surface area contributed by atoms with E-state index in [4.69, 9.17) is 4.42 Å². The van der Waals surface area contributed by atoms with Crippen molar-refractivity contribution in [3.63, 3.8) is 0 Å². The highest BCUT2D eigenvalue weighted by Crippen LogP contribution is 2.21. The molecule has 0 radical (unpaired) electrons. The van der Waals surface area contributed by atoms with Crippen molar-refractivity contribution in [2.45, 2.75) is 20.8 Å². The van der Waals surface area contributed by atoms with Crippen LogP contribution in [0.3, 0.4) is 0 Å². The number of aryl methyl sites for hydroxylation is 2. The van der Waals surface area contributed by atoms with Gasteiger partial charge >= 0.3 is 0 Å². The Morgan fingerprint density at radius 2 is 1.92 bits per heavy atom. The van der Waals surface area contributed by atoms with Crippen LogP contribution in [0.25, 0.3) is 0 Å². The molecular weight excluding hydrogens is 152 g/mol. The normalized spacial score (nSPS) is 9.92. The Kier molecular flexibility index (Phi) is 2.18. The van der Waals surface area contributed by atoms with Crippen LogP contribution in [0.1, 0.15) is 27.4 Å². The molecule has 0 amide bonds. The number of hydrogen-bond acceptors (Lipinski definition) is 2. The van der Waals surface area contributed by atoms with Crippen molar-refractivity contribution < 1.29 is 9.21 Å². The van der Waals surface area contributed by atoms with Crippen molar-refractivity contribution in [2.24, 2.45) is 0 Å². The van der Waals surface area contributed by atoms with Gasteiger partial charge < -0.3 is 4.42 Å². The average Bonchev–Trinajstić information content (AvgIpc) is 2.26. The predicted octanol–water partition coefficient (Wildman–Crippen LogP) is 2.57. The molecule has 0 aromatic carbocycles. The molecule has 2 heteroatoms. The highest BCUT2D eigenvalue weighted by atomic mass is 16.3. The van der Waals surface area contributed by atoms with E-state index in [1.54, 1.807) is 6.92 Å². The van der Waals surface area contributed by atoms with Crippen molar-refractivity contribution in [1.29, 1.82) is 0 Å². The van der Waals surface area contributed by atoms with Crippen molar-refractivity contribution >= 4 is 5.78 Å². The van der Waals surface area contributed by atoms with Gasteiger partial charge in [0, 0.05) is 5.56 Å². The molecule has 0 saturated carbocycles. The quantitative estimate of drug-likeness (QED) is 0.496. The number of ketones is 1. The highest BCUT2D eigenvalue weighted by Gasteiger charge is 2.15. The Morgan fingerprint density at radius 3 is 2.25 bits per heavy atom. The van der Waals surface area contributed by atoms with Crippen LogP contribution in [0, 0.1) is 20.8 Å². The van der Waals surface area contributed by atoms with Gasteiger partial charge in [0.1, 0.15) is 11.5 Å². The molecule has 0 bridgehead atoms. The summed E-state index contributed by atoms with van der Waals surface area (Å²) in [6.45, 7) is 8.95. The van der Waals surface area contributed by atoms with Gasteiger partial charge in [0.05, 0.1) is 5.56 Å². The standard InChI is InChI=1S/C10H12O2/c1-5-9(11)10-6(2)7(3)12-8(10)4/h5H,1H2,2-4H3. The fourth-order valence-electron chi connectivity index (χ4n) is 1.26. The lowest BCUT2D eigenvalue weighted by molar-refractivity contribution is 0.104. The third kappa shape index (κ3) is 1.20. The summed E-state index contributed by atoms with van der Waals surface area (Å²) < 4.78 is 5.30. The van der Waals surface area contributed by atoms with Crippen molar-refractivity contribution in [1.82, 2.24) is 0 Å². The smallest absolute Gasteiger partial charge is 0.189 e. The number of rotatable bonds is 2. The molecule has 0 saturated heterocycles. The molecule has 12 heavy (non-hydrogen) atoms. The second-order valence-electron chi connectivity index (χ2n) is 2.78. The van der Waals surface area contributed by atoms with E-state index in [-0.39, 0.29) is 5.78 Å². The number of allylic oxidation sites excluding steroid dienone is 1. The van der Waals surface area contributed by atoms with Crippen LogP contribution in [-0.4, -0.2) is 5.78 Å². The first-order valence-corrected chi connectivity index (χ1v) is 3.81. The lowest BCUT2D eigenvalue weighted by atomic mass is 10.1. The minimum absolute atomic E-state index is 0.0677. The zero-order chi connectivity index (χ0) is 9.30. The molecule has 64 valence electrons. The summed E-state index contributed by atoms with van der Waals surface area (Å²) in [5.74, 6) is 1.41. The Labute approximate surface area is 71.9 Å². The number of hydrogen-bond donors (Lipinski definition) is 0. The molecule has 0 fully saturated rings. The first kappa shape index (κ1) is 8.78. The molecule has 0 aliphatic carbocycles. The summed E-state index contributed by atoms with van der Waals surface area (Å²) in [4.78, 5) is 11.3. The van der Waals surface area contributed by atoms with Gasteiger partial charge in [-0.25, -0.2) is 0 Å². The molecule has 0 aliphatic rings. The van der Waals surface area contributed by atoms with E-state index in [2.05, 4.69) is 6.58 Å². The Morgan fingerprint density at radius 1 is 1.33 bits per heavy atom. The van der Waals surface area contributed by atoms with Crippen molar-refractivity contribution in [2.75, 3.05) is 0 Å². The lowest BCUT2D eigenvalue weighted by Gasteiger charge is -1.92. The van der Waals surface area contributed by atoms with Crippen molar-refractivity contribution in [3.05, 3.63) is 35.3 Å². The minimum Gasteiger partial charge on any atom is -0.466 e. The third-order valence-electron chi connectivity index (χ3n) is 1.99. The number of furan rings is 1. The maximum absolute atomic E-state index is 11.3. The van der Waals surface area contributed by atoms with Crippen LogP contribution in [0.2, 0.25) is 0 Å². The van der Waals surface area contributed by atoms with E-state index < -0.39 is 0 Å². The maximum atomic E-state index is 11.3. The van der Waals surface area contributed by atoms with Crippen LogP contribution >= 0.6 is 0 Å². The van der Waals surface area contributed by atoms with Gasteiger partial charge in [0.2, 0.25) is 0 Å². The van der Waals surface area contributed by atoms with E-state index in [0.29, 0.717) is 11.3 Å². The van der Waals surface area contributed by atoms with Crippen LogP contribution < -0.4 is 0 Å². The first-order valence-electron chi connectivity index (χ1n) is 3.81. The average molecular weight is 164 g/mol. The molecule has 0 spiro atoms. The second kappa shape index (κ2) is 2.97.